The number of hydrazine groups is 1. The maximum atomic E-state index is 11.8. The lowest BCUT2D eigenvalue weighted by atomic mass is 10.2. The predicted molar refractivity (Wildman–Crippen MR) is 103 cm³/mol. The molecule has 0 saturated heterocycles. The Morgan fingerprint density at radius 1 is 0.885 bits per heavy atom. The smallest absolute Gasteiger partial charge is 0.269 e. The number of carbonyl (C=O) groups excluding carboxylic acids is 2. The monoisotopic (exact) mass is 410 g/mol. The highest BCUT2D eigenvalue weighted by atomic mass is 79.9. The molecule has 0 aliphatic rings. The van der Waals surface area contributed by atoms with E-state index in [2.05, 4.69) is 26.8 Å². The highest BCUT2D eigenvalue weighted by molar-refractivity contribution is 9.10. The Morgan fingerprint density at radius 3 is 2.35 bits per heavy atom. The van der Waals surface area contributed by atoms with Gasteiger partial charge in [-0.3, -0.25) is 20.4 Å². The van der Waals surface area contributed by atoms with Crippen LogP contribution in [-0.2, 0) is 4.79 Å². The maximum Gasteiger partial charge on any atom is 0.269 e. The first kappa shape index (κ1) is 17.7. The van der Waals surface area contributed by atoms with Crippen LogP contribution in [-0.4, -0.2) is 11.8 Å². The van der Waals surface area contributed by atoms with Crippen molar-refractivity contribution in [2.24, 2.45) is 0 Å². The summed E-state index contributed by atoms with van der Waals surface area (Å²) >= 11 is 3.39. The Kier molecular flexibility index (Phi) is 5.66. The van der Waals surface area contributed by atoms with Crippen LogP contribution in [0.25, 0.3) is 17.4 Å². The van der Waals surface area contributed by atoms with E-state index >= 15 is 0 Å². The molecule has 3 rings (SSSR count). The maximum absolute atomic E-state index is 11.8. The van der Waals surface area contributed by atoms with Crippen molar-refractivity contribution in [3.8, 4) is 11.3 Å². The van der Waals surface area contributed by atoms with Crippen LogP contribution in [0.2, 0.25) is 0 Å². The topological polar surface area (TPSA) is 71.3 Å². The van der Waals surface area contributed by atoms with Crippen LogP contribution >= 0.6 is 15.9 Å². The molecule has 0 fully saturated rings. The zero-order valence-electron chi connectivity index (χ0n) is 13.6. The highest BCUT2D eigenvalue weighted by Crippen LogP contribution is 2.24. The molecule has 1 aromatic heterocycles. The van der Waals surface area contributed by atoms with Crippen molar-refractivity contribution in [3.63, 3.8) is 0 Å². The summed E-state index contributed by atoms with van der Waals surface area (Å²) in [6.45, 7) is 0. The van der Waals surface area contributed by atoms with Gasteiger partial charge in [0.15, 0.2) is 0 Å². The average molecular weight is 411 g/mol. The van der Waals surface area contributed by atoms with Gasteiger partial charge in [-0.2, -0.15) is 0 Å². The van der Waals surface area contributed by atoms with E-state index in [0.29, 0.717) is 17.1 Å². The van der Waals surface area contributed by atoms with Gasteiger partial charge >= 0.3 is 0 Å². The molecule has 0 saturated carbocycles. The molecule has 0 bridgehead atoms. The van der Waals surface area contributed by atoms with Gasteiger partial charge in [0.25, 0.3) is 11.8 Å². The fourth-order valence-electron chi connectivity index (χ4n) is 2.19. The summed E-state index contributed by atoms with van der Waals surface area (Å²) in [5, 5.41) is 0. The number of hydrogen-bond donors (Lipinski definition) is 2. The summed E-state index contributed by atoms with van der Waals surface area (Å²) in [6, 6.07) is 19.9. The third-order valence-corrected chi connectivity index (χ3v) is 4.02. The fraction of sp³-hybridized carbons (Fsp3) is 0. The molecule has 0 radical (unpaired) electrons. The van der Waals surface area contributed by atoms with Crippen molar-refractivity contribution >= 4 is 33.8 Å². The molecule has 1 heterocycles. The largest absolute Gasteiger partial charge is 0.457 e. The number of benzene rings is 2. The summed E-state index contributed by atoms with van der Waals surface area (Å²) in [6.07, 6.45) is 2.82. The zero-order valence-corrected chi connectivity index (χ0v) is 15.2. The second-order valence-electron chi connectivity index (χ2n) is 5.35. The zero-order chi connectivity index (χ0) is 18.4. The van der Waals surface area contributed by atoms with E-state index in [1.165, 1.54) is 12.2 Å². The fourth-order valence-corrected chi connectivity index (χ4v) is 2.46. The second-order valence-corrected chi connectivity index (χ2v) is 6.27. The van der Waals surface area contributed by atoms with Crippen LogP contribution in [0, 0.1) is 0 Å². The van der Waals surface area contributed by atoms with Gasteiger partial charge < -0.3 is 4.42 Å². The Morgan fingerprint density at radius 2 is 1.62 bits per heavy atom. The third-order valence-electron chi connectivity index (χ3n) is 3.49. The minimum absolute atomic E-state index is 0.386. The van der Waals surface area contributed by atoms with Crippen LogP contribution in [0.15, 0.2) is 81.7 Å². The molecule has 2 aromatic carbocycles. The van der Waals surface area contributed by atoms with Crippen molar-refractivity contribution in [2.75, 3.05) is 0 Å². The van der Waals surface area contributed by atoms with Gasteiger partial charge in [-0.05, 0) is 42.5 Å². The number of rotatable bonds is 4. The Labute approximate surface area is 158 Å². The molecular weight excluding hydrogens is 396 g/mol. The molecular formula is C20H15BrN2O3. The van der Waals surface area contributed by atoms with E-state index in [1.807, 2.05) is 36.4 Å². The third kappa shape index (κ3) is 4.70. The molecule has 26 heavy (non-hydrogen) atoms. The number of halogens is 1. The first-order chi connectivity index (χ1) is 12.6. The van der Waals surface area contributed by atoms with E-state index in [9.17, 15) is 9.59 Å². The summed E-state index contributed by atoms with van der Waals surface area (Å²) < 4.78 is 6.67. The quantitative estimate of drug-likeness (QED) is 0.500. The second kappa shape index (κ2) is 8.31. The molecule has 3 aromatic rings. The van der Waals surface area contributed by atoms with Gasteiger partial charge in [-0.15, -0.1) is 0 Å². The molecule has 6 heteroatoms. The Bertz CT molecular complexity index is 931. The van der Waals surface area contributed by atoms with Crippen LogP contribution in [0.4, 0.5) is 0 Å². The minimum Gasteiger partial charge on any atom is -0.457 e. The molecule has 0 aliphatic carbocycles. The summed E-state index contributed by atoms with van der Waals surface area (Å²) in [5.41, 5.74) is 6.07. The van der Waals surface area contributed by atoms with Gasteiger partial charge in [0.1, 0.15) is 11.5 Å². The standard InChI is InChI=1S/C20H15BrN2O3/c21-16-8-6-14(7-9-16)18-12-10-17(26-18)11-13-19(24)22-23-20(25)15-4-2-1-3-5-15/h1-13H,(H,22,24)(H,23,25). The van der Waals surface area contributed by atoms with Crippen molar-refractivity contribution in [2.45, 2.75) is 0 Å². The van der Waals surface area contributed by atoms with Gasteiger partial charge in [0.05, 0.1) is 0 Å². The number of hydrogen-bond acceptors (Lipinski definition) is 3. The first-order valence-corrected chi connectivity index (χ1v) is 8.60. The lowest BCUT2D eigenvalue weighted by Crippen LogP contribution is -2.40. The number of amides is 2. The molecule has 0 spiro atoms. The van der Waals surface area contributed by atoms with E-state index in [0.717, 1.165) is 10.0 Å². The van der Waals surface area contributed by atoms with Gasteiger partial charge in [-0.25, -0.2) is 0 Å². The van der Waals surface area contributed by atoms with E-state index in [4.69, 9.17) is 4.42 Å². The molecule has 2 N–H and O–H groups in total. The summed E-state index contributed by atoms with van der Waals surface area (Å²) in [5.74, 6) is 0.390. The minimum atomic E-state index is -0.462. The van der Waals surface area contributed by atoms with Crippen molar-refractivity contribution < 1.29 is 14.0 Å². The Hall–Kier alpha value is -3.12. The summed E-state index contributed by atoms with van der Waals surface area (Å²) in [4.78, 5) is 23.6. The van der Waals surface area contributed by atoms with Gasteiger partial charge in [0, 0.05) is 21.7 Å². The van der Waals surface area contributed by atoms with Gasteiger partial charge in [-0.1, -0.05) is 46.3 Å². The molecule has 0 atom stereocenters. The number of carbonyl (C=O) groups is 2. The lowest BCUT2D eigenvalue weighted by Gasteiger charge is -2.04. The average Bonchev–Trinajstić information content (AvgIpc) is 3.14. The Balaban J connectivity index is 1.55. The number of nitrogens with one attached hydrogen (secondary N) is 2. The first-order valence-electron chi connectivity index (χ1n) is 7.81. The van der Waals surface area contributed by atoms with Crippen molar-refractivity contribution in [1.82, 2.24) is 10.9 Å². The van der Waals surface area contributed by atoms with Crippen LogP contribution < -0.4 is 10.9 Å². The molecule has 0 unspecified atom stereocenters. The molecule has 0 aliphatic heterocycles. The molecule has 2 amide bonds. The van der Waals surface area contributed by atoms with Crippen LogP contribution in [0.1, 0.15) is 16.1 Å². The highest BCUT2D eigenvalue weighted by Gasteiger charge is 2.06. The summed E-state index contributed by atoms with van der Waals surface area (Å²) in [7, 11) is 0. The number of furan rings is 1. The molecule has 130 valence electrons. The van der Waals surface area contributed by atoms with Crippen LogP contribution in [0.3, 0.4) is 0 Å². The normalized spacial score (nSPS) is 10.7. The predicted octanol–water partition coefficient (Wildman–Crippen LogP) is 4.18. The van der Waals surface area contributed by atoms with Crippen molar-refractivity contribution in [1.29, 1.82) is 0 Å². The SMILES string of the molecule is O=C(C=Cc1ccc(-c2ccc(Br)cc2)o1)NNC(=O)c1ccccc1. The lowest BCUT2D eigenvalue weighted by molar-refractivity contribution is -0.117. The van der Waals surface area contributed by atoms with E-state index in [-0.39, 0.29) is 5.91 Å². The molecule has 5 nitrogen and oxygen atoms in total. The van der Waals surface area contributed by atoms with Crippen molar-refractivity contribution in [3.05, 3.63) is 88.6 Å². The van der Waals surface area contributed by atoms with E-state index < -0.39 is 5.91 Å². The van der Waals surface area contributed by atoms with Crippen LogP contribution in [0.5, 0.6) is 0 Å². The van der Waals surface area contributed by atoms with Gasteiger partial charge in [0.2, 0.25) is 0 Å². The van der Waals surface area contributed by atoms with E-state index in [1.54, 1.807) is 30.3 Å².